The van der Waals surface area contributed by atoms with Gasteiger partial charge in [0.2, 0.25) is 0 Å². The minimum atomic E-state index is -0.490. The van der Waals surface area contributed by atoms with E-state index in [1.165, 1.54) is 12.1 Å². The van der Waals surface area contributed by atoms with Crippen molar-refractivity contribution in [3.8, 4) is 0 Å². The van der Waals surface area contributed by atoms with E-state index in [1.54, 1.807) is 11.9 Å². The van der Waals surface area contributed by atoms with Gasteiger partial charge >= 0.3 is 0 Å². The van der Waals surface area contributed by atoms with Gasteiger partial charge in [-0.3, -0.25) is 0 Å². The molecular weight excluding hydrogens is 246 g/mol. The number of rotatable bonds is 7. The third kappa shape index (κ3) is 4.16. The molecule has 0 amide bonds. The molecule has 1 unspecified atom stereocenters. The third-order valence-corrected chi connectivity index (χ3v) is 3.44. The van der Waals surface area contributed by atoms with Gasteiger partial charge in [0.1, 0.15) is 17.3 Å². The Hall–Kier alpha value is -1.16. The van der Waals surface area contributed by atoms with Gasteiger partial charge < -0.3 is 10.2 Å². The molecule has 0 saturated heterocycles. The zero-order chi connectivity index (χ0) is 14.4. The quantitative estimate of drug-likeness (QED) is 0.760. The van der Waals surface area contributed by atoms with E-state index >= 15 is 0 Å². The molecule has 1 N–H and O–H groups in total. The maximum Gasteiger partial charge on any atom is 0.149 e. The van der Waals surface area contributed by atoms with Crippen LogP contribution < -0.4 is 10.2 Å². The molecule has 0 radical (unpaired) electrons. The van der Waals surface area contributed by atoms with Crippen LogP contribution in [0.5, 0.6) is 0 Å². The molecule has 0 heterocycles. The normalized spacial score (nSPS) is 12.5. The van der Waals surface area contributed by atoms with Crippen molar-refractivity contribution in [2.24, 2.45) is 0 Å². The summed E-state index contributed by atoms with van der Waals surface area (Å²) in [6.07, 6.45) is 1.84. The van der Waals surface area contributed by atoms with Crippen molar-refractivity contribution in [2.45, 2.75) is 46.2 Å². The standard InChI is InChI=1S/C15H24F2N2/c1-5-7-18-10-12-8-13(16)15(14(17)9-12)19(4)11(3)6-2/h8-9,11,18H,5-7,10H2,1-4H3. The first kappa shape index (κ1) is 15.9. The highest BCUT2D eigenvalue weighted by atomic mass is 19.1. The van der Waals surface area contributed by atoms with Crippen LogP contribution in [0.3, 0.4) is 0 Å². The molecule has 0 aliphatic rings. The molecule has 108 valence electrons. The molecule has 0 spiro atoms. The molecule has 1 aromatic carbocycles. The summed E-state index contributed by atoms with van der Waals surface area (Å²) in [4.78, 5) is 1.66. The molecule has 0 aliphatic heterocycles. The van der Waals surface area contributed by atoms with Gasteiger partial charge in [-0.1, -0.05) is 13.8 Å². The Morgan fingerprint density at radius 2 is 1.79 bits per heavy atom. The fraction of sp³-hybridized carbons (Fsp3) is 0.600. The summed E-state index contributed by atoms with van der Waals surface area (Å²) in [6, 6.07) is 2.94. The smallest absolute Gasteiger partial charge is 0.149 e. The number of anilines is 1. The molecule has 1 rings (SSSR count). The molecule has 19 heavy (non-hydrogen) atoms. The lowest BCUT2D eigenvalue weighted by molar-refractivity contribution is 0.551. The van der Waals surface area contributed by atoms with Gasteiger partial charge in [0.15, 0.2) is 0 Å². The van der Waals surface area contributed by atoms with Crippen molar-refractivity contribution in [2.75, 3.05) is 18.5 Å². The predicted molar refractivity (Wildman–Crippen MR) is 76.5 cm³/mol. The largest absolute Gasteiger partial charge is 0.367 e. The molecular formula is C15H24F2N2. The van der Waals surface area contributed by atoms with E-state index in [4.69, 9.17) is 0 Å². The minimum Gasteiger partial charge on any atom is -0.367 e. The second-order valence-corrected chi connectivity index (χ2v) is 4.95. The third-order valence-electron chi connectivity index (χ3n) is 3.44. The monoisotopic (exact) mass is 270 g/mol. The molecule has 0 fully saturated rings. The first-order chi connectivity index (χ1) is 9.01. The van der Waals surface area contributed by atoms with Crippen LogP contribution in [0.1, 0.15) is 39.2 Å². The van der Waals surface area contributed by atoms with Crippen LogP contribution in [0.25, 0.3) is 0 Å². The van der Waals surface area contributed by atoms with Crippen molar-refractivity contribution >= 4 is 5.69 Å². The molecule has 4 heteroatoms. The molecule has 0 aliphatic carbocycles. The lowest BCUT2D eigenvalue weighted by Gasteiger charge is -2.27. The van der Waals surface area contributed by atoms with Crippen LogP contribution in [0.15, 0.2) is 12.1 Å². The fourth-order valence-electron chi connectivity index (χ4n) is 1.96. The summed E-state index contributed by atoms with van der Waals surface area (Å²) in [5, 5.41) is 3.14. The zero-order valence-corrected chi connectivity index (χ0v) is 12.3. The minimum absolute atomic E-state index is 0.0635. The maximum atomic E-state index is 14.1. The van der Waals surface area contributed by atoms with E-state index in [0.29, 0.717) is 12.1 Å². The predicted octanol–water partition coefficient (Wildman–Crippen LogP) is 3.70. The van der Waals surface area contributed by atoms with E-state index < -0.39 is 11.6 Å². The Balaban J connectivity index is 2.91. The maximum absolute atomic E-state index is 14.1. The SMILES string of the molecule is CCCNCc1cc(F)c(N(C)C(C)CC)c(F)c1. The number of nitrogens with zero attached hydrogens (tertiary/aromatic N) is 1. The number of halogens is 2. The van der Waals surface area contributed by atoms with Crippen LogP contribution in [-0.2, 0) is 6.54 Å². The van der Waals surface area contributed by atoms with Crippen LogP contribution in [0, 0.1) is 11.6 Å². The summed E-state index contributed by atoms with van der Waals surface area (Å²) < 4.78 is 28.1. The molecule has 1 aromatic rings. The van der Waals surface area contributed by atoms with Gasteiger partial charge in [-0.2, -0.15) is 0 Å². The summed E-state index contributed by atoms with van der Waals surface area (Å²) in [6.45, 7) is 7.35. The topological polar surface area (TPSA) is 15.3 Å². The number of nitrogens with one attached hydrogen (secondary N) is 1. The van der Waals surface area contributed by atoms with Crippen LogP contribution in [-0.4, -0.2) is 19.6 Å². The molecule has 0 aromatic heterocycles. The Kier molecular flexibility index (Phi) is 6.22. The van der Waals surface area contributed by atoms with Crippen LogP contribution >= 0.6 is 0 Å². The second-order valence-electron chi connectivity index (χ2n) is 4.95. The Bertz CT molecular complexity index is 384. The van der Waals surface area contributed by atoms with Crippen molar-refractivity contribution in [3.63, 3.8) is 0 Å². The van der Waals surface area contributed by atoms with E-state index in [1.807, 2.05) is 13.8 Å². The highest BCUT2D eigenvalue weighted by molar-refractivity contribution is 5.50. The number of benzene rings is 1. The van der Waals surface area contributed by atoms with E-state index in [2.05, 4.69) is 12.2 Å². The first-order valence-electron chi connectivity index (χ1n) is 6.92. The van der Waals surface area contributed by atoms with Crippen molar-refractivity contribution < 1.29 is 8.78 Å². The average Bonchev–Trinajstić information content (AvgIpc) is 2.37. The van der Waals surface area contributed by atoms with Crippen LogP contribution in [0.4, 0.5) is 14.5 Å². The summed E-state index contributed by atoms with van der Waals surface area (Å²) in [7, 11) is 1.73. The highest BCUT2D eigenvalue weighted by Gasteiger charge is 2.18. The molecule has 1 atom stereocenters. The van der Waals surface area contributed by atoms with E-state index in [9.17, 15) is 8.78 Å². The summed E-state index contributed by atoms with van der Waals surface area (Å²) >= 11 is 0. The van der Waals surface area contributed by atoms with Gasteiger partial charge in [-0.15, -0.1) is 0 Å². The Labute approximate surface area is 114 Å². The Morgan fingerprint density at radius 1 is 1.21 bits per heavy atom. The molecule has 0 saturated carbocycles. The lowest BCUT2D eigenvalue weighted by atomic mass is 10.1. The van der Waals surface area contributed by atoms with Crippen molar-refractivity contribution in [1.82, 2.24) is 5.32 Å². The zero-order valence-electron chi connectivity index (χ0n) is 12.3. The van der Waals surface area contributed by atoms with Crippen LogP contribution in [0.2, 0.25) is 0 Å². The lowest BCUT2D eigenvalue weighted by Crippen LogP contribution is -2.30. The summed E-state index contributed by atoms with van der Waals surface area (Å²) in [5.41, 5.74) is 0.707. The van der Waals surface area contributed by atoms with Gasteiger partial charge in [-0.25, -0.2) is 8.78 Å². The average molecular weight is 270 g/mol. The summed E-state index contributed by atoms with van der Waals surface area (Å²) in [5.74, 6) is -0.979. The second kappa shape index (κ2) is 7.43. The Morgan fingerprint density at radius 3 is 2.26 bits per heavy atom. The fourth-order valence-corrected chi connectivity index (χ4v) is 1.96. The number of hydrogen-bond acceptors (Lipinski definition) is 2. The van der Waals surface area contributed by atoms with E-state index in [0.717, 1.165) is 19.4 Å². The van der Waals surface area contributed by atoms with Gasteiger partial charge in [0.25, 0.3) is 0 Å². The first-order valence-corrected chi connectivity index (χ1v) is 6.92. The number of hydrogen-bond donors (Lipinski definition) is 1. The highest BCUT2D eigenvalue weighted by Crippen LogP contribution is 2.26. The van der Waals surface area contributed by atoms with Gasteiger partial charge in [-0.05, 0) is 44.0 Å². The van der Waals surface area contributed by atoms with Crippen molar-refractivity contribution in [1.29, 1.82) is 0 Å². The van der Waals surface area contributed by atoms with Gasteiger partial charge in [0, 0.05) is 19.6 Å². The van der Waals surface area contributed by atoms with Gasteiger partial charge in [0.05, 0.1) is 0 Å². The molecule has 2 nitrogen and oxygen atoms in total. The van der Waals surface area contributed by atoms with Crippen molar-refractivity contribution in [3.05, 3.63) is 29.3 Å². The molecule has 0 bridgehead atoms. The van der Waals surface area contributed by atoms with E-state index in [-0.39, 0.29) is 11.7 Å².